The van der Waals surface area contributed by atoms with Crippen molar-refractivity contribution in [1.29, 1.82) is 0 Å². The Bertz CT molecular complexity index is 8.49. The van der Waals surface area contributed by atoms with E-state index in [-0.39, 0.29) is 116 Å². The third kappa shape index (κ3) is 62.5. The van der Waals surface area contributed by atoms with E-state index in [1.54, 1.807) is 0 Å². The van der Waals surface area contributed by atoms with Crippen molar-refractivity contribution in [2.45, 2.75) is 0 Å². The first-order valence-corrected chi connectivity index (χ1v) is 0. The molecule has 8 heavy (non-hydrogen) atoms. The fourth-order valence-electron chi connectivity index (χ4n) is 0. The SMILES string of the molecule is [Cl-].[Cl-].[Cl-].[Cl-].[Cl-].[Cl-].[Fe+3].[Sb+3]. The van der Waals surface area contributed by atoms with Gasteiger partial charge in [-0.25, -0.2) is 0 Å². The van der Waals surface area contributed by atoms with E-state index >= 15 is 0 Å². The van der Waals surface area contributed by atoms with Gasteiger partial charge >= 0.3 is 41.5 Å². The number of rotatable bonds is 0. The predicted octanol–water partition coefficient (Wildman–Crippen LogP) is -18.4. The maximum atomic E-state index is 0. The maximum absolute atomic E-state index is 0. The second-order valence-electron chi connectivity index (χ2n) is 0. The van der Waals surface area contributed by atoms with Crippen LogP contribution in [0.4, 0.5) is 0 Å². The molecule has 0 aliphatic heterocycles. The molecule has 3 radical (unpaired) electrons. The van der Waals surface area contributed by atoms with Crippen molar-refractivity contribution in [1.82, 2.24) is 0 Å². The first-order valence-electron chi connectivity index (χ1n) is 0. The minimum absolute atomic E-state index is 0. The van der Waals surface area contributed by atoms with Crippen LogP contribution in [-0.2, 0) is 17.1 Å². The van der Waals surface area contributed by atoms with Crippen LogP contribution < -0.4 is 74.4 Å². The first-order chi connectivity index (χ1) is 0. The molecule has 0 saturated heterocycles. The molecule has 0 aliphatic carbocycles. The van der Waals surface area contributed by atoms with Gasteiger partial charge in [0.2, 0.25) is 0 Å². The van der Waals surface area contributed by atoms with E-state index in [1.165, 1.54) is 0 Å². The molecule has 0 aromatic heterocycles. The third-order valence-electron chi connectivity index (χ3n) is 0. The van der Waals surface area contributed by atoms with Crippen LogP contribution in [0.3, 0.4) is 0 Å². The quantitative estimate of drug-likeness (QED) is 0.361. The third-order valence-corrected chi connectivity index (χ3v) is 0. The summed E-state index contributed by atoms with van der Waals surface area (Å²) in [4.78, 5) is 0. The molecule has 0 spiro atoms. The summed E-state index contributed by atoms with van der Waals surface area (Å²) in [5.74, 6) is 0. The summed E-state index contributed by atoms with van der Waals surface area (Å²) < 4.78 is 0. The molecular weight excluding hydrogens is 390 g/mol. The van der Waals surface area contributed by atoms with Gasteiger partial charge in [0.25, 0.3) is 0 Å². The van der Waals surface area contributed by atoms with Gasteiger partial charge in [0.1, 0.15) is 0 Å². The van der Waals surface area contributed by atoms with Crippen LogP contribution in [0.5, 0.6) is 0 Å². The molecule has 0 nitrogen and oxygen atoms in total. The molecule has 0 amide bonds. The fourth-order valence-corrected chi connectivity index (χ4v) is 0. The topological polar surface area (TPSA) is 0 Å². The number of hydrogen-bond donors (Lipinski definition) is 0. The van der Waals surface area contributed by atoms with Gasteiger partial charge in [-0.15, -0.1) is 0 Å². The van der Waals surface area contributed by atoms with Crippen molar-refractivity contribution in [3.05, 3.63) is 0 Å². The summed E-state index contributed by atoms with van der Waals surface area (Å²) in [5, 5.41) is 0. The molecule has 0 saturated carbocycles. The zero-order valence-corrected chi connectivity index (χ0v) is 11.3. The molecule has 8 heteroatoms. The molecule has 55 valence electrons. The Balaban J connectivity index is 0. The standard InChI is InChI=1S/6ClH.Fe.Sb/h6*1H;;/q;;;;;;2*+3/p-6. The second-order valence-corrected chi connectivity index (χ2v) is 0. The van der Waals surface area contributed by atoms with Crippen LogP contribution in [0.25, 0.3) is 0 Å². The summed E-state index contributed by atoms with van der Waals surface area (Å²) in [6.07, 6.45) is 0. The van der Waals surface area contributed by atoms with E-state index in [1.807, 2.05) is 0 Å². The normalized spacial score (nSPS) is 0. The summed E-state index contributed by atoms with van der Waals surface area (Å²) in [6.45, 7) is 0. The van der Waals surface area contributed by atoms with Gasteiger partial charge in [-0.1, -0.05) is 0 Å². The fraction of sp³-hybridized carbons (Fsp3) is 0. The number of hydrogen-bond acceptors (Lipinski definition) is 0. The molecule has 0 aromatic carbocycles. The van der Waals surface area contributed by atoms with Gasteiger partial charge in [-0.2, -0.15) is 0 Å². The molecule has 0 aromatic rings. The maximum Gasteiger partial charge on any atom is 3.00 e. The van der Waals surface area contributed by atoms with Crippen molar-refractivity contribution in [2.24, 2.45) is 0 Å². The second kappa shape index (κ2) is 87.7. The van der Waals surface area contributed by atoms with Crippen molar-refractivity contribution in [2.75, 3.05) is 0 Å². The van der Waals surface area contributed by atoms with Gasteiger partial charge in [-0.05, 0) is 0 Å². The molecular formula is Cl6FeSb. The molecule has 0 unspecified atom stereocenters. The van der Waals surface area contributed by atoms with Crippen LogP contribution in [0.1, 0.15) is 0 Å². The Labute approximate surface area is 114 Å². The Morgan fingerprint density at radius 3 is 0.375 bits per heavy atom. The van der Waals surface area contributed by atoms with Crippen molar-refractivity contribution in [3.8, 4) is 0 Å². The van der Waals surface area contributed by atoms with E-state index < -0.39 is 0 Å². The molecule has 0 aliphatic rings. The summed E-state index contributed by atoms with van der Waals surface area (Å²) in [6, 6.07) is 0. The van der Waals surface area contributed by atoms with Crippen LogP contribution >= 0.6 is 0 Å². The molecule has 0 bridgehead atoms. The zero-order chi connectivity index (χ0) is 0. The molecule has 0 fully saturated rings. The Hall–Kier alpha value is 3.08. The summed E-state index contributed by atoms with van der Waals surface area (Å²) in [7, 11) is 0. The Kier molecular flexibility index (Phi) is 1300. The van der Waals surface area contributed by atoms with Crippen LogP contribution in [0.15, 0.2) is 0 Å². The zero-order valence-electron chi connectivity index (χ0n) is 3.07. The molecule has 0 N–H and O–H groups in total. The Morgan fingerprint density at radius 1 is 0.375 bits per heavy atom. The summed E-state index contributed by atoms with van der Waals surface area (Å²) in [5.41, 5.74) is 0. The van der Waals surface area contributed by atoms with Crippen LogP contribution in [0.2, 0.25) is 0 Å². The monoisotopic (exact) mass is 387 g/mol. The van der Waals surface area contributed by atoms with E-state index in [2.05, 4.69) is 0 Å². The predicted molar refractivity (Wildman–Crippen MR) is 5.75 cm³/mol. The van der Waals surface area contributed by atoms with Gasteiger partial charge in [0, 0.05) is 0 Å². The summed E-state index contributed by atoms with van der Waals surface area (Å²) >= 11 is 0. The Morgan fingerprint density at radius 2 is 0.375 bits per heavy atom. The van der Waals surface area contributed by atoms with Gasteiger partial charge in [-0.3, -0.25) is 0 Å². The van der Waals surface area contributed by atoms with Gasteiger partial charge < -0.3 is 74.4 Å². The van der Waals surface area contributed by atoms with Gasteiger partial charge in [0.15, 0.2) is 0 Å². The van der Waals surface area contributed by atoms with E-state index in [9.17, 15) is 0 Å². The van der Waals surface area contributed by atoms with E-state index in [0.29, 0.717) is 0 Å². The molecule has 0 atom stereocenters. The van der Waals surface area contributed by atoms with Crippen molar-refractivity contribution >= 4 is 24.4 Å². The minimum atomic E-state index is 0. The number of halogens is 6. The first kappa shape index (κ1) is 119. The largest absolute Gasteiger partial charge is 3.00 e. The van der Waals surface area contributed by atoms with Gasteiger partial charge in [0.05, 0.1) is 0 Å². The molecule has 0 rings (SSSR count). The van der Waals surface area contributed by atoms with E-state index in [0.717, 1.165) is 0 Å². The van der Waals surface area contributed by atoms with E-state index in [4.69, 9.17) is 0 Å². The molecule has 0 heterocycles. The minimum Gasteiger partial charge on any atom is -1.00 e. The smallest absolute Gasteiger partial charge is 1.00 e. The van der Waals surface area contributed by atoms with Crippen molar-refractivity contribution < 1.29 is 91.5 Å². The average molecular weight is 390 g/mol. The average Bonchev–Trinajstić information content (AvgIpc) is 0. The van der Waals surface area contributed by atoms with Crippen LogP contribution in [0, 0.1) is 0 Å². The van der Waals surface area contributed by atoms with Crippen molar-refractivity contribution in [3.63, 3.8) is 0 Å². The van der Waals surface area contributed by atoms with Crippen LogP contribution in [-0.4, -0.2) is 24.4 Å².